The number of methoxy groups -OCH3 is 2. The van der Waals surface area contributed by atoms with Crippen LogP contribution in [0, 0.1) is 5.92 Å². The monoisotopic (exact) mass is 389 g/mol. The Labute approximate surface area is 162 Å². The fraction of sp³-hybridized carbons (Fsp3) is 0.400. The summed E-state index contributed by atoms with van der Waals surface area (Å²) in [5, 5.41) is 3.37. The lowest BCUT2D eigenvalue weighted by atomic mass is 9.88. The second kappa shape index (κ2) is 8.43. The van der Waals surface area contributed by atoms with Crippen molar-refractivity contribution in [1.29, 1.82) is 0 Å². The number of thiophene rings is 1. The third kappa shape index (κ3) is 4.42. The van der Waals surface area contributed by atoms with Gasteiger partial charge in [0.15, 0.2) is 6.61 Å². The number of anilines is 1. The second-order valence-corrected chi connectivity index (χ2v) is 7.67. The van der Waals surface area contributed by atoms with E-state index < -0.39 is 5.97 Å². The van der Waals surface area contributed by atoms with Gasteiger partial charge in [-0.05, 0) is 55.0 Å². The number of esters is 1. The van der Waals surface area contributed by atoms with Gasteiger partial charge in [0.25, 0.3) is 5.91 Å². The molecule has 0 saturated heterocycles. The lowest BCUT2D eigenvalue weighted by Crippen LogP contribution is -2.21. The van der Waals surface area contributed by atoms with Crippen LogP contribution in [0.5, 0.6) is 11.5 Å². The van der Waals surface area contributed by atoms with Gasteiger partial charge in [-0.15, -0.1) is 11.3 Å². The van der Waals surface area contributed by atoms with E-state index in [1.165, 1.54) is 18.4 Å². The average Bonchev–Trinajstić information content (AvgIpc) is 3.02. The number of carbonyl (C=O) groups excluding carboxylic acids is 2. The van der Waals surface area contributed by atoms with Gasteiger partial charge in [-0.2, -0.15) is 0 Å². The van der Waals surface area contributed by atoms with Crippen molar-refractivity contribution in [2.45, 2.75) is 26.2 Å². The van der Waals surface area contributed by atoms with Crippen LogP contribution < -0.4 is 14.8 Å². The Kier molecular flexibility index (Phi) is 6.01. The Morgan fingerprint density at radius 1 is 1.19 bits per heavy atom. The number of nitrogens with one attached hydrogen (secondary N) is 1. The maximum absolute atomic E-state index is 12.3. The highest BCUT2D eigenvalue weighted by molar-refractivity contribution is 7.17. The molecule has 1 aliphatic carbocycles. The summed E-state index contributed by atoms with van der Waals surface area (Å²) in [6, 6.07) is 6.99. The number of amides is 1. The van der Waals surface area contributed by atoms with Gasteiger partial charge in [-0.25, -0.2) is 4.79 Å². The summed E-state index contributed by atoms with van der Waals surface area (Å²) in [4.78, 5) is 25.8. The predicted octanol–water partition coefficient (Wildman–Crippen LogP) is 3.69. The second-order valence-electron chi connectivity index (χ2n) is 6.56. The van der Waals surface area contributed by atoms with Crippen molar-refractivity contribution in [2.24, 2.45) is 5.92 Å². The first-order valence-corrected chi connectivity index (χ1v) is 9.63. The van der Waals surface area contributed by atoms with Crippen LogP contribution in [0.2, 0.25) is 0 Å². The minimum Gasteiger partial charge on any atom is -0.497 e. The van der Waals surface area contributed by atoms with Gasteiger partial charge in [0.1, 0.15) is 16.5 Å². The van der Waals surface area contributed by atoms with Gasteiger partial charge < -0.3 is 19.5 Å². The Morgan fingerprint density at radius 2 is 1.89 bits per heavy atom. The summed E-state index contributed by atoms with van der Waals surface area (Å²) < 4.78 is 15.5. The lowest BCUT2D eigenvalue weighted by molar-refractivity contribution is -0.118. The van der Waals surface area contributed by atoms with E-state index in [1.54, 1.807) is 31.4 Å². The zero-order chi connectivity index (χ0) is 19.4. The van der Waals surface area contributed by atoms with Crippen LogP contribution in [0.4, 0.5) is 5.00 Å². The van der Waals surface area contributed by atoms with Crippen molar-refractivity contribution in [3.63, 3.8) is 0 Å². The fourth-order valence-electron chi connectivity index (χ4n) is 3.14. The molecule has 1 aromatic carbocycles. The lowest BCUT2D eigenvalue weighted by Gasteiger charge is -2.18. The van der Waals surface area contributed by atoms with E-state index in [9.17, 15) is 9.59 Å². The van der Waals surface area contributed by atoms with Crippen molar-refractivity contribution >= 4 is 28.2 Å². The summed E-state index contributed by atoms with van der Waals surface area (Å²) in [6.07, 6.45) is 2.78. The Balaban J connectivity index is 1.70. The summed E-state index contributed by atoms with van der Waals surface area (Å²) in [5.41, 5.74) is 1.50. The topological polar surface area (TPSA) is 73.9 Å². The van der Waals surface area contributed by atoms with Gasteiger partial charge in [0, 0.05) is 4.88 Å². The smallest absolute Gasteiger partial charge is 0.341 e. The van der Waals surface area contributed by atoms with Crippen molar-refractivity contribution in [2.75, 3.05) is 26.1 Å². The van der Waals surface area contributed by atoms with Crippen molar-refractivity contribution in [1.82, 2.24) is 0 Å². The molecule has 0 bridgehead atoms. The molecular weight excluding hydrogens is 366 g/mol. The molecular formula is C20H23NO5S. The highest BCUT2D eigenvalue weighted by Gasteiger charge is 2.28. The number of hydrogen-bond donors (Lipinski definition) is 1. The fourth-order valence-corrected chi connectivity index (χ4v) is 4.56. The van der Waals surface area contributed by atoms with Gasteiger partial charge in [0.05, 0.1) is 19.8 Å². The average molecular weight is 389 g/mol. The molecule has 0 spiro atoms. The van der Waals surface area contributed by atoms with Gasteiger partial charge in [0.2, 0.25) is 0 Å². The maximum atomic E-state index is 12.3. The Bertz CT molecular complexity index is 828. The quantitative estimate of drug-likeness (QED) is 0.763. The first-order valence-electron chi connectivity index (χ1n) is 8.81. The first-order chi connectivity index (χ1) is 13.0. The van der Waals surface area contributed by atoms with Crippen LogP contribution in [-0.2, 0) is 22.4 Å². The van der Waals surface area contributed by atoms with Crippen LogP contribution >= 0.6 is 11.3 Å². The molecule has 7 heteroatoms. The number of carbonyl (C=O) groups is 2. The van der Waals surface area contributed by atoms with Crippen LogP contribution in [0.15, 0.2) is 24.3 Å². The molecule has 2 aromatic rings. The normalized spacial score (nSPS) is 15.6. The van der Waals surface area contributed by atoms with Crippen molar-refractivity contribution in [3.8, 4) is 11.5 Å². The minimum absolute atomic E-state index is 0.147. The third-order valence-corrected chi connectivity index (χ3v) is 5.75. The zero-order valence-electron chi connectivity index (χ0n) is 15.7. The van der Waals surface area contributed by atoms with E-state index in [1.807, 2.05) is 0 Å². The van der Waals surface area contributed by atoms with Crippen LogP contribution in [0.1, 0.15) is 34.1 Å². The minimum atomic E-state index is -0.409. The number of rotatable bonds is 6. The van der Waals surface area contributed by atoms with Crippen molar-refractivity contribution in [3.05, 3.63) is 40.3 Å². The first kappa shape index (κ1) is 19.2. The molecule has 1 heterocycles. The van der Waals surface area contributed by atoms with E-state index in [0.29, 0.717) is 28.0 Å². The van der Waals surface area contributed by atoms with Crippen molar-refractivity contribution < 1.29 is 23.8 Å². The number of benzene rings is 1. The zero-order valence-corrected chi connectivity index (χ0v) is 16.5. The molecule has 1 aromatic heterocycles. The SMILES string of the molecule is COC(=O)c1c(NC(=O)COc2ccc(OC)cc2)sc2c1CC[C@@H](C)C2. The summed E-state index contributed by atoms with van der Waals surface area (Å²) in [6.45, 7) is 2.05. The molecule has 27 heavy (non-hydrogen) atoms. The summed E-state index contributed by atoms with van der Waals surface area (Å²) >= 11 is 1.46. The van der Waals surface area contributed by atoms with Gasteiger partial charge in [-0.3, -0.25) is 4.79 Å². The van der Waals surface area contributed by atoms with Crippen LogP contribution in [-0.4, -0.2) is 32.7 Å². The standard InChI is InChI=1S/C20H23NO5S/c1-12-4-9-15-16(10-12)27-19(18(15)20(23)25-3)21-17(22)11-26-14-7-5-13(24-2)6-8-14/h5-8,12H,4,9-11H2,1-3H3,(H,21,22)/t12-/m1/s1. The van der Waals surface area contributed by atoms with E-state index in [2.05, 4.69) is 12.2 Å². The molecule has 1 amide bonds. The van der Waals surface area contributed by atoms with E-state index in [-0.39, 0.29) is 12.5 Å². The van der Waals surface area contributed by atoms with Crippen LogP contribution in [0.3, 0.4) is 0 Å². The molecule has 144 valence electrons. The summed E-state index contributed by atoms with van der Waals surface area (Å²) in [7, 11) is 2.94. The molecule has 0 aliphatic heterocycles. The predicted molar refractivity (Wildman–Crippen MR) is 104 cm³/mol. The molecule has 3 rings (SSSR count). The molecule has 0 fully saturated rings. The molecule has 1 aliphatic rings. The van der Waals surface area contributed by atoms with E-state index in [4.69, 9.17) is 14.2 Å². The highest BCUT2D eigenvalue weighted by Crippen LogP contribution is 2.40. The molecule has 1 atom stereocenters. The van der Waals surface area contributed by atoms with Gasteiger partial charge >= 0.3 is 5.97 Å². The van der Waals surface area contributed by atoms with Crippen LogP contribution in [0.25, 0.3) is 0 Å². The Hall–Kier alpha value is -2.54. The highest BCUT2D eigenvalue weighted by atomic mass is 32.1. The molecule has 0 radical (unpaired) electrons. The molecule has 0 unspecified atom stereocenters. The largest absolute Gasteiger partial charge is 0.497 e. The van der Waals surface area contributed by atoms with E-state index in [0.717, 1.165) is 29.7 Å². The maximum Gasteiger partial charge on any atom is 0.341 e. The van der Waals surface area contributed by atoms with Gasteiger partial charge in [-0.1, -0.05) is 6.92 Å². The number of ether oxygens (including phenoxy) is 3. The van der Waals surface area contributed by atoms with E-state index >= 15 is 0 Å². The number of hydrogen-bond acceptors (Lipinski definition) is 6. The molecule has 6 nitrogen and oxygen atoms in total. The molecule has 1 N–H and O–H groups in total. The molecule has 0 saturated carbocycles. The number of fused-ring (bicyclic) bond motifs is 1. The Morgan fingerprint density at radius 3 is 2.56 bits per heavy atom. The summed E-state index contributed by atoms with van der Waals surface area (Å²) in [5.74, 6) is 1.13. The third-order valence-electron chi connectivity index (χ3n) is 4.58.